The standard InChI is InChI=1S/C14H21N3O/c1-11-4-6-12(7-5-11)17-13(15)16-10-14(2)8-3-9-18-14/h4-7H,3,8-10H2,1-2H3,(H3,15,16,17). The van der Waals surface area contributed by atoms with Crippen LogP contribution < -0.4 is 11.1 Å². The number of benzene rings is 1. The molecule has 18 heavy (non-hydrogen) atoms. The summed E-state index contributed by atoms with van der Waals surface area (Å²) in [5.41, 5.74) is 7.91. The lowest BCUT2D eigenvalue weighted by atomic mass is 10.0. The number of nitrogens with zero attached hydrogens (tertiary/aromatic N) is 1. The lowest BCUT2D eigenvalue weighted by Crippen LogP contribution is -2.30. The minimum atomic E-state index is -0.139. The van der Waals surface area contributed by atoms with E-state index in [0.29, 0.717) is 12.5 Å². The number of anilines is 1. The van der Waals surface area contributed by atoms with E-state index in [0.717, 1.165) is 25.1 Å². The molecule has 0 amide bonds. The van der Waals surface area contributed by atoms with E-state index < -0.39 is 0 Å². The maximum Gasteiger partial charge on any atom is 0.193 e. The smallest absolute Gasteiger partial charge is 0.193 e. The molecule has 0 saturated carbocycles. The Morgan fingerprint density at radius 3 is 2.78 bits per heavy atom. The van der Waals surface area contributed by atoms with Crippen LogP contribution >= 0.6 is 0 Å². The molecule has 0 aliphatic carbocycles. The average molecular weight is 247 g/mol. The summed E-state index contributed by atoms with van der Waals surface area (Å²) in [5, 5.41) is 3.08. The molecule has 1 aliphatic heterocycles. The van der Waals surface area contributed by atoms with Crippen molar-refractivity contribution in [3.8, 4) is 0 Å². The third kappa shape index (κ3) is 3.47. The van der Waals surface area contributed by atoms with Crippen LogP contribution in [-0.4, -0.2) is 24.7 Å². The van der Waals surface area contributed by atoms with Crippen molar-refractivity contribution in [3.05, 3.63) is 29.8 Å². The molecule has 1 atom stereocenters. The number of aryl methyl sites for hydroxylation is 1. The molecule has 1 saturated heterocycles. The SMILES string of the molecule is Cc1ccc(NC(N)=NCC2(C)CCCO2)cc1. The average Bonchev–Trinajstić information content (AvgIpc) is 2.78. The van der Waals surface area contributed by atoms with Crippen molar-refractivity contribution in [2.45, 2.75) is 32.3 Å². The highest BCUT2D eigenvalue weighted by Gasteiger charge is 2.29. The number of ether oxygens (including phenoxy) is 1. The molecular weight excluding hydrogens is 226 g/mol. The highest BCUT2D eigenvalue weighted by molar-refractivity contribution is 5.92. The van der Waals surface area contributed by atoms with Crippen molar-refractivity contribution in [3.63, 3.8) is 0 Å². The molecule has 4 nitrogen and oxygen atoms in total. The Labute approximate surface area is 108 Å². The van der Waals surface area contributed by atoms with Crippen molar-refractivity contribution in [1.29, 1.82) is 0 Å². The largest absolute Gasteiger partial charge is 0.373 e. The third-order valence-corrected chi connectivity index (χ3v) is 3.21. The van der Waals surface area contributed by atoms with E-state index in [1.165, 1.54) is 5.56 Å². The highest BCUT2D eigenvalue weighted by Crippen LogP contribution is 2.25. The zero-order valence-electron chi connectivity index (χ0n) is 11.1. The first-order chi connectivity index (χ1) is 8.57. The summed E-state index contributed by atoms with van der Waals surface area (Å²) >= 11 is 0. The monoisotopic (exact) mass is 247 g/mol. The quantitative estimate of drug-likeness (QED) is 0.636. The summed E-state index contributed by atoms with van der Waals surface area (Å²) < 4.78 is 5.67. The van der Waals surface area contributed by atoms with Crippen LogP contribution in [0.1, 0.15) is 25.3 Å². The van der Waals surface area contributed by atoms with Gasteiger partial charge >= 0.3 is 0 Å². The first-order valence-electron chi connectivity index (χ1n) is 6.35. The first-order valence-corrected chi connectivity index (χ1v) is 6.35. The van der Waals surface area contributed by atoms with Gasteiger partial charge in [-0.3, -0.25) is 4.99 Å². The van der Waals surface area contributed by atoms with Gasteiger partial charge in [0, 0.05) is 12.3 Å². The highest BCUT2D eigenvalue weighted by atomic mass is 16.5. The van der Waals surface area contributed by atoms with E-state index in [-0.39, 0.29) is 5.60 Å². The second-order valence-electron chi connectivity index (χ2n) is 5.09. The minimum absolute atomic E-state index is 0.139. The van der Waals surface area contributed by atoms with Gasteiger partial charge in [0.15, 0.2) is 5.96 Å². The predicted octanol–water partition coefficient (Wildman–Crippen LogP) is 2.29. The van der Waals surface area contributed by atoms with Crippen molar-refractivity contribution in [1.82, 2.24) is 0 Å². The van der Waals surface area contributed by atoms with Gasteiger partial charge in [0.1, 0.15) is 0 Å². The summed E-state index contributed by atoms with van der Waals surface area (Å²) in [5.74, 6) is 0.440. The fraction of sp³-hybridized carbons (Fsp3) is 0.500. The Morgan fingerprint density at radius 1 is 1.44 bits per heavy atom. The fourth-order valence-corrected chi connectivity index (χ4v) is 2.04. The van der Waals surface area contributed by atoms with Crippen LogP contribution in [0.3, 0.4) is 0 Å². The molecule has 0 bridgehead atoms. The van der Waals surface area contributed by atoms with Gasteiger partial charge in [-0.15, -0.1) is 0 Å². The summed E-state index contributed by atoms with van der Waals surface area (Å²) in [6.07, 6.45) is 2.16. The molecule has 1 unspecified atom stereocenters. The lowest BCUT2D eigenvalue weighted by Gasteiger charge is -2.20. The van der Waals surface area contributed by atoms with Gasteiger partial charge in [-0.25, -0.2) is 0 Å². The Morgan fingerprint density at radius 2 is 2.17 bits per heavy atom. The zero-order chi connectivity index (χ0) is 13.0. The molecule has 1 aliphatic rings. The summed E-state index contributed by atoms with van der Waals surface area (Å²) in [4.78, 5) is 4.35. The minimum Gasteiger partial charge on any atom is -0.373 e. The maximum absolute atomic E-state index is 5.86. The maximum atomic E-state index is 5.86. The van der Waals surface area contributed by atoms with Crippen molar-refractivity contribution in [2.24, 2.45) is 10.7 Å². The van der Waals surface area contributed by atoms with Crippen molar-refractivity contribution >= 4 is 11.6 Å². The number of nitrogens with two attached hydrogens (primary N) is 1. The van der Waals surface area contributed by atoms with E-state index in [1.54, 1.807) is 0 Å². The molecule has 0 aromatic heterocycles. The second kappa shape index (κ2) is 5.40. The first kappa shape index (κ1) is 12.9. The van der Waals surface area contributed by atoms with Gasteiger partial charge in [0.25, 0.3) is 0 Å². The molecule has 0 spiro atoms. The molecule has 0 radical (unpaired) electrons. The number of rotatable bonds is 3. The normalized spacial score (nSPS) is 24.2. The van der Waals surface area contributed by atoms with Crippen LogP contribution in [0.15, 0.2) is 29.3 Å². The van der Waals surface area contributed by atoms with Crippen LogP contribution in [0.25, 0.3) is 0 Å². The van der Waals surface area contributed by atoms with Gasteiger partial charge in [-0.05, 0) is 38.8 Å². The Bertz CT molecular complexity index is 419. The number of nitrogens with one attached hydrogen (secondary N) is 1. The molecule has 4 heteroatoms. The summed E-state index contributed by atoms with van der Waals surface area (Å²) in [6.45, 7) is 5.58. The number of aliphatic imine (C=N–C) groups is 1. The fourth-order valence-electron chi connectivity index (χ4n) is 2.04. The number of hydrogen-bond acceptors (Lipinski definition) is 2. The molecule has 1 heterocycles. The van der Waals surface area contributed by atoms with Gasteiger partial charge in [0.2, 0.25) is 0 Å². The lowest BCUT2D eigenvalue weighted by molar-refractivity contribution is 0.0284. The third-order valence-electron chi connectivity index (χ3n) is 3.21. The van der Waals surface area contributed by atoms with E-state index >= 15 is 0 Å². The molecule has 1 aromatic carbocycles. The van der Waals surface area contributed by atoms with Crippen LogP contribution in [-0.2, 0) is 4.74 Å². The predicted molar refractivity (Wildman–Crippen MR) is 74.9 cm³/mol. The van der Waals surface area contributed by atoms with Crippen LogP contribution in [0.2, 0.25) is 0 Å². The van der Waals surface area contributed by atoms with Gasteiger partial charge in [-0.2, -0.15) is 0 Å². The Balaban J connectivity index is 1.90. The van der Waals surface area contributed by atoms with Crippen molar-refractivity contribution in [2.75, 3.05) is 18.5 Å². The summed E-state index contributed by atoms with van der Waals surface area (Å²) in [6, 6.07) is 8.06. The van der Waals surface area contributed by atoms with E-state index in [2.05, 4.69) is 24.2 Å². The Kier molecular flexibility index (Phi) is 3.87. The second-order valence-corrected chi connectivity index (χ2v) is 5.09. The number of guanidine groups is 1. The molecule has 98 valence electrons. The number of hydrogen-bond donors (Lipinski definition) is 2. The topological polar surface area (TPSA) is 59.6 Å². The van der Waals surface area contributed by atoms with Crippen LogP contribution in [0, 0.1) is 6.92 Å². The summed E-state index contributed by atoms with van der Waals surface area (Å²) in [7, 11) is 0. The molecule has 3 N–H and O–H groups in total. The molecule has 1 fully saturated rings. The Hall–Kier alpha value is -1.55. The van der Waals surface area contributed by atoms with E-state index in [4.69, 9.17) is 10.5 Å². The van der Waals surface area contributed by atoms with Gasteiger partial charge in [0.05, 0.1) is 12.1 Å². The van der Waals surface area contributed by atoms with E-state index in [9.17, 15) is 0 Å². The molecule has 1 aromatic rings. The van der Waals surface area contributed by atoms with Crippen LogP contribution in [0.5, 0.6) is 0 Å². The molecular formula is C14H21N3O. The van der Waals surface area contributed by atoms with Crippen molar-refractivity contribution < 1.29 is 4.74 Å². The van der Waals surface area contributed by atoms with Gasteiger partial charge in [-0.1, -0.05) is 17.7 Å². The molecule has 2 rings (SSSR count). The van der Waals surface area contributed by atoms with Gasteiger partial charge < -0.3 is 15.8 Å². The zero-order valence-corrected chi connectivity index (χ0v) is 11.1. The van der Waals surface area contributed by atoms with E-state index in [1.807, 2.05) is 24.3 Å². The van der Waals surface area contributed by atoms with Crippen LogP contribution in [0.4, 0.5) is 5.69 Å².